The molecule has 0 spiro atoms. The van der Waals surface area contributed by atoms with Crippen LogP contribution in [0, 0.1) is 11.8 Å². The van der Waals surface area contributed by atoms with Gasteiger partial charge in [-0.1, -0.05) is 0 Å². The Balaban J connectivity index is 0.00000144. The first-order chi connectivity index (χ1) is 5.75. The number of hydrogen-bond acceptors (Lipinski definition) is 3. The van der Waals surface area contributed by atoms with Gasteiger partial charge in [0, 0.05) is 19.8 Å². The molecular formula is C8H16ClNO3. The summed E-state index contributed by atoms with van der Waals surface area (Å²) < 4.78 is 5.14. The first-order valence-electron chi connectivity index (χ1n) is 4.26. The van der Waals surface area contributed by atoms with Gasteiger partial charge in [0.15, 0.2) is 0 Å². The minimum absolute atomic E-state index is 0. The summed E-state index contributed by atoms with van der Waals surface area (Å²) in [4.78, 5) is 10.7. The molecular weight excluding hydrogens is 194 g/mol. The molecule has 78 valence electrons. The van der Waals surface area contributed by atoms with Gasteiger partial charge in [-0.15, -0.1) is 12.4 Å². The van der Waals surface area contributed by atoms with E-state index in [2.05, 4.69) is 0 Å². The number of carboxylic acid groups (broad SMARTS) is 1. The van der Waals surface area contributed by atoms with E-state index >= 15 is 0 Å². The fourth-order valence-electron chi connectivity index (χ4n) is 1.61. The number of ether oxygens (including phenoxy) is 1. The highest BCUT2D eigenvalue weighted by molar-refractivity contribution is 5.85. The summed E-state index contributed by atoms with van der Waals surface area (Å²) >= 11 is 0. The molecule has 13 heavy (non-hydrogen) atoms. The second-order valence-electron chi connectivity index (χ2n) is 3.13. The van der Waals surface area contributed by atoms with Crippen molar-refractivity contribution >= 4 is 18.4 Å². The van der Waals surface area contributed by atoms with Crippen molar-refractivity contribution < 1.29 is 14.6 Å². The molecule has 0 saturated carbocycles. The minimum atomic E-state index is -0.774. The number of hydrogen-bond donors (Lipinski definition) is 2. The molecule has 1 rings (SSSR count). The van der Waals surface area contributed by atoms with Gasteiger partial charge in [-0.3, -0.25) is 4.79 Å². The van der Waals surface area contributed by atoms with E-state index in [1.54, 1.807) is 0 Å². The lowest BCUT2D eigenvalue weighted by atomic mass is 9.86. The Kier molecular flexibility index (Phi) is 6.03. The molecule has 0 aliphatic carbocycles. The SMILES string of the molecule is Cl.NCC(C(=O)O)C1CCOCC1. The van der Waals surface area contributed by atoms with Crippen LogP contribution in [-0.2, 0) is 9.53 Å². The van der Waals surface area contributed by atoms with Gasteiger partial charge in [0.2, 0.25) is 0 Å². The maximum Gasteiger partial charge on any atom is 0.308 e. The predicted molar refractivity (Wildman–Crippen MR) is 51.0 cm³/mol. The van der Waals surface area contributed by atoms with Crippen molar-refractivity contribution in [2.75, 3.05) is 19.8 Å². The minimum Gasteiger partial charge on any atom is -0.481 e. The van der Waals surface area contributed by atoms with E-state index in [-0.39, 0.29) is 30.8 Å². The zero-order valence-electron chi connectivity index (χ0n) is 7.44. The summed E-state index contributed by atoms with van der Waals surface area (Å²) in [6.45, 7) is 1.59. The van der Waals surface area contributed by atoms with Crippen LogP contribution in [0.2, 0.25) is 0 Å². The van der Waals surface area contributed by atoms with E-state index in [4.69, 9.17) is 15.6 Å². The molecule has 0 aromatic heterocycles. The van der Waals surface area contributed by atoms with E-state index < -0.39 is 5.97 Å². The van der Waals surface area contributed by atoms with Crippen LogP contribution in [0.15, 0.2) is 0 Å². The third-order valence-electron chi connectivity index (χ3n) is 2.41. The van der Waals surface area contributed by atoms with Crippen LogP contribution in [0.3, 0.4) is 0 Å². The topological polar surface area (TPSA) is 72.6 Å². The fraction of sp³-hybridized carbons (Fsp3) is 0.875. The molecule has 0 bridgehead atoms. The summed E-state index contributed by atoms with van der Waals surface area (Å²) in [7, 11) is 0. The van der Waals surface area contributed by atoms with E-state index in [1.807, 2.05) is 0 Å². The summed E-state index contributed by atoms with van der Waals surface area (Å²) in [6.07, 6.45) is 1.66. The van der Waals surface area contributed by atoms with Gasteiger partial charge in [-0.05, 0) is 18.8 Å². The summed E-state index contributed by atoms with van der Waals surface area (Å²) in [6, 6.07) is 0. The molecule has 1 atom stereocenters. The van der Waals surface area contributed by atoms with Crippen LogP contribution in [0.25, 0.3) is 0 Å². The zero-order valence-corrected chi connectivity index (χ0v) is 8.26. The molecule has 1 aliphatic rings. The number of carbonyl (C=O) groups is 1. The second-order valence-corrected chi connectivity index (χ2v) is 3.13. The monoisotopic (exact) mass is 209 g/mol. The molecule has 1 aliphatic heterocycles. The molecule has 0 aromatic carbocycles. The van der Waals surface area contributed by atoms with Gasteiger partial charge in [0.05, 0.1) is 5.92 Å². The lowest BCUT2D eigenvalue weighted by molar-refractivity contribution is -0.144. The molecule has 0 amide bonds. The number of nitrogens with two attached hydrogens (primary N) is 1. The Hall–Kier alpha value is -0.320. The van der Waals surface area contributed by atoms with E-state index in [1.165, 1.54) is 0 Å². The Morgan fingerprint density at radius 3 is 2.46 bits per heavy atom. The fourth-order valence-corrected chi connectivity index (χ4v) is 1.61. The van der Waals surface area contributed by atoms with Gasteiger partial charge in [0.1, 0.15) is 0 Å². The van der Waals surface area contributed by atoms with Crippen LogP contribution >= 0.6 is 12.4 Å². The van der Waals surface area contributed by atoms with Crippen LogP contribution in [0.4, 0.5) is 0 Å². The highest BCUT2D eigenvalue weighted by Crippen LogP contribution is 2.23. The van der Waals surface area contributed by atoms with Crippen molar-refractivity contribution in [3.63, 3.8) is 0 Å². The Morgan fingerprint density at radius 1 is 1.54 bits per heavy atom. The highest BCUT2D eigenvalue weighted by Gasteiger charge is 2.28. The lowest BCUT2D eigenvalue weighted by Gasteiger charge is -2.26. The van der Waals surface area contributed by atoms with Crippen LogP contribution in [-0.4, -0.2) is 30.8 Å². The van der Waals surface area contributed by atoms with Gasteiger partial charge < -0.3 is 15.6 Å². The molecule has 1 saturated heterocycles. The van der Waals surface area contributed by atoms with Crippen molar-refractivity contribution in [2.45, 2.75) is 12.8 Å². The van der Waals surface area contributed by atoms with Crippen molar-refractivity contribution in [1.29, 1.82) is 0 Å². The van der Waals surface area contributed by atoms with Crippen molar-refractivity contribution in [2.24, 2.45) is 17.6 Å². The van der Waals surface area contributed by atoms with E-state index in [0.29, 0.717) is 13.2 Å². The molecule has 1 fully saturated rings. The Bertz CT molecular complexity index is 159. The summed E-state index contributed by atoms with van der Waals surface area (Å²) in [5.74, 6) is -0.945. The first-order valence-corrected chi connectivity index (χ1v) is 4.26. The quantitative estimate of drug-likeness (QED) is 0.710. The molecule has 3 N–H and O–H groups in total. The zero-order chi connectivity index (χ0) is 8.97. The predicted octanol–water partition coefficient (Wildman–Crippen LogP) is 0.494. The lowest BCUT2D eigenvalue weighted by Crippen LogP contribution is -2.34. The van der Waals surface area contributed by atoms with Gasteiger partial charge in [-0.25, -0.2) is 0 Å². The average molecular weight is 210 g/mol. The van der Waals surface area contributed by atoms with Crippen LogP contribution < -0.4 is 5.73 Å². The number of aliphatic carboxylic acids is 1. The molecule has 5 heteroatoms. The van der Waals surface area contributed by atoms with Crippen LogP contribution in [0.1, 0.15) is 12.8 Å². The Morgan fingerprint density at radius 2 is 2.08 bits per heavy atom. The van der Waals surface area contributed by atoms with Crippen molar-refractivity contribution in [3.05, 3.63) is 0 Å². The second kappa shape index (κ2) is 6.18. The van der Waals surface area contributed by atoms with Gasteiger partial charge >= 0.3 is 5.97 Å². The number of rotatable bonds is 3. The molecule has 0 aromatic rings. The molecule has 0 radical (unpaired) electrons. The third-order valence-corrected chi connectivity index (χ3v) is 2.41. The third kappa shape index (κ3) is 3.50. The van der Waals surface area contributed by atoms with E-state index in [0.717, 1.165) is 12.8 Å². The largest absolute Gasteiger partial charge is 0.481 e. The van der Waals surface area contributed by atoms with Crippen molar-refractivity contribution in [1.82, 2.24) is 0 Å². The molecule has 1 heterocycles. The van der Waals surface area contributed by atoms with Crippen molar-refractivity contribution in [3.8, 4) is 0 Å². The Labute approximate surface area is 83.9 Å². The molecule has 4 nitrogen and oxygen atoms in total. The van der Waals surface area contributed by atoms with Gasteiger partial charge in [-0.2, -0.15) is 0 Å². The summed E-state index contributed by atoms with van der Waals surface area (Å²) in [5.41, 5.74) is 5.38. The maximum absolute atomic E-state index is 10.7. The number of halogens is 1. The maximum atomic E-state index is 10.7. The van der Waals surface area contributed by atoms with Crippen LogP contribution in [0.5, 0.6) is 0 Å². The number of carboxylic acids is 1. The highest BCUT2D eigenvalue weighted by atomic mass is 35.5. The van der Waals surface area contributed by atoms with Gasteiger partial charge in [0.25, 0.3) is 0 Å². The standard InChI is InChI=1S/C8H15NO3.ClH/c9-5-7(8(10)11)6-1-3-12-4-2-6;/h6-7H,1-5,9H2,(H,10,11);1H. The average Bonchev–Trinajstić information content (AvgIpc) is 2.07. The normalized spacial score (nSPS) is 20.4. The first kappa shape index (κ1) is 12.7. The van der Waals surface area contributed by atoms with E-state index in [9.17, 15) is 4.79 Å². The smallest absolute Gasteiger partial charge is 0.308 e. The molecule has 1 unspecified atom stereocenters. The summed E-state index contributed by atoms with van der Waals surface area (Å²) in [5, 5.41) is 8.80.